The molecule has 1 saturated carbocycles. The minimum absolute atomic E-state index is 0.0347. The first kappa shape index (κ1) is 27.0. The predicted molar refractivity (Wildman–Crippen MR) is 153 cm³/mol. The number of ether oxygens (including phenoxy) is 1. The summed E-state index contributed by atoms with van der Waals surface area (Å²) in [5, 5.41) is 6.31. The highest BCUT2D eigenvalue weighted by atomic mass is 32.2. The van der Waals surface area contributed by atoms with Crippen molar-refractivity contribution in [3.63, 3.8) is 0 Å². The number of benzene rings is 1. The molecule has 1 spiro atoms. The van der Waals surface area contributed by atoms with Crippen LogP contribution in [0.3, 0.4) is 0 Å². The molecule has 2 saturated heterocycles. The van der Waals surface area contributed by atoms with Gasteiger partial charge in [0.15, 0.2) is 0 Å². The number of nitrogens with one attached hydrogen (secondary N) is 2. The Hall–Kier alpha value is -3.17. The maximum atomic E-state index is 14.2. The number of fused-ring (bicyclic) bond motifs is 1. The van der Waals surface area contributed by atoms with Crippen molar-refractivity contribution in [1.29, 1.82) is 0 Å². The van der Waals surface area contributed by atoms with E-state index in [0.29, 0.717) is 17.5 Å². The van der Waals surface area contributed by atoms with Gasteiger partial charge in [0.1, 0.15) is 11.6 Å². The van der Waals surface area contributed by atoms with Crippen molar-refractivity contribution >= 4 is 35.2 Å². The molecule has 1 aromatic carbocycles. The Bertz CT molecular complexity index is 1340. The molecule has 2 N–H and O–H groups in total. The van der Waals surface area contributed by atoms with Crippen LogP contribution in [-0.2, 0) is 25.7 Å². The van der Waals surface area contributed by atoms with E-state index in [1.54, 1.807) is 29.1 Å². The van der Waals surface area contributed by atoms with Crippen molar-refractivity contribution < 1.29 is 19.1 Å². The van der Waals surface area contributed by atoms with Gasteiger partial charge in [-0.15, -0.1) is 11.8 Å². The third-order valence-electron chi connectivity index (χ3n) is 9.37. The molecule has 8 nitrogen and oxygen atoms in total. The smallest absolute Gasteiger partial charge is 0.246 e. The third kappa shape index (κ3) is 4.53. The monoisotopic (exact) mass is 560 g/mol. The Labute approximate surface area is 239 Å². The second-order valence-electron chi connectivity index (χ2n) is 11.6. The molecule has 3 fully saturated rings. The quantitative estimate of drug-likeness (QED) is 0.392. The molecule has 210 valence electrons. The van der Waals surface area contributed by atoms with E-state index < -0.39 is 29.6 Å². The highest BCUT2D eigenvalue weighted by Crippen LogP contribution is 2.55. The fourth-order valence-electron chi connectivity index (χ4n) is 7.10. The summed E-state index contributed by atoms with van der Waals surface area (Å²) in [6.45, 7) is 4.63. The van der Waals surface area contributed by atoms with E-state index in [2.05, 4.69) is 29.5 Å². The van der Waals surface area contributed by atoms with Gasteiger partial charge in [0.2, 0.25) is 17.7 Å². The Balaban J connectivity index is 1.32. The largest absolute Gasteiger partial charge is 0.359 e. The topological polar surface area (TPSA) is 101 Å². The van der Waals surface area contributed by atoms with Crippen LogP contribution in [-0.4, -0.2) is 57.6 Å². The number of hydrogen-bond donors (Lipinski definition) is 2. The lowest BCUT2D eigenvalue weighted by Gasteiger charge is -2.38. The van der Waals surface area contributed by atoms with Gasteiger partial charge >= 0.3 is 0 Å². The summed E-state index contributed by atoms with van der Waals surface area (Å²) in [5.74, 6) is -1.41. The molecule has 0 unspecified atom stereocenters. The van der Waals surface area contributed by atoms with Gasteiger partial charge in [0.05, 0.1) is 17.9 Å². The zero-order chi connectivity index (χ0) is 28.0. The van der Waals surface area contributed by atoms with Crippen molar-refractivity contribution in [3.8, 4) is 0 Å². The highest BCUT2D eigenvalue weighted by Gasteiger charge is 2.72. The molecular weight excluding hydrogens is 524 g/mol. The molecule has 3 amide bonds. The van der Waals surface area contributed by atoms with Crippen LogP contribution in [0.25, 0.3) is 0 Å². The molecule has 2 aromatic rings. The van der Waals surface area contributed by atoms with Gasteiger partial charge in [0, 0.05) is 35.6 Å². The summed E-state index contributed by atoms with van der Waals surface area (Å²) in [6, 6.07) is 10.5. The minimum atomic E-state index is -1.19. The Kier molecular flexibility index (Phi) is 7.21. The number of likely N-dealkylation sites (tertiary alicyclic amines) is 1. The van der Waals surface area contributed by atoms with Crippen LogP contribution < -0.4 is 10.6 Å². The molecule has 6 rings (SSSR count). The summed E-state index contributed by atoms with van der Waals surface area (Å²) in [5.41, 5.74) is 0.295. The zero-order valence-corrected chi connectivity index (χ0v) is 23.9. The van der Waals surface area contributed by atoms with E-state index in [0.717, 1.165) is 29.7 Å². The molecule has 0 radical (unpaired) electrons. The van der Waals surface area contributed by atoms with Crippen LogP contribution in [0, 0.1) is 23.7 Å². The molecular formula is C31H36N4O4S. The SMILES string of the molecule is CSc1cccc(NC(=O)[C@@H]2[C@@H]3C=C[C@]4(O3)[C@@H]2C(=O)N(Cc2cccnc2)[C@H]4C(=O)N[C@@H]2CCC[C@H](C)[C@@H]2C)c1. The van der Waals surface area contributed by atoms with Crippen LogP contribution >= 0.6 is 11.8 Å². The van der Waals surface area contributed by atoms with Gasteiger partial charge in [-0.05, 0) is 54.3 Å². The summed E-state index contributed by atoms with van der Waals surface area (Å²) >= 11 is 1.59. The molecule has 2 bridgehead atoms. The fraction of sp³-hybridized carbons (Fsp3) is 0.484. The van der Waals surface area contributed by atoms with Crippen molar-refractivity contribution in [3.05, 3.63) is 66.5 Å². The predicted octanol–water partition coefficient (Wildman–Crippen LogP) is 4.03. The minimum Gasteiger partial charge on any atom is -0.359 e. The number of pyridine rings is 1. The normalized spacial score (nSPS) is 34.1. The average Bonchev–Trinajstić information content (AvgIpc) is 3.59. The van der Waals surface area contributed by atoms with E-state index in [9.17, 15) is 14.4 Å². The molecule has 1 aromatic heterocycles. The maximum absolute atomic E-state index is 14.2. The van der Waals surface area contributed by atoms with Crippen LogP contribution in [0.15, 0.2) is 65.8 Å². The van der Waals surface area contributed by atoms with E-state index in [-0.39, 0.29) is 30.3 Å². The van der Waals surface area contributed by atoms with E-state index in [1.165, 1.54) is 0 Å². The van der Waals surface area contributed by atoms with E-state index in [4.69, 9.17) is 4.74 Å². The Morgan fingerprint density at radius 1 is 1.18 bits per heavy atom. The van der Waals surface area contributed by atoms with Gasteiger partial charge in [-0.2, -0.15) is 0 Å². The number of thioether (sulfide) groups is 1. The highest BCUT2D eigenvalue weighted by molar-refractivity contribution is 7.98. The van der Waals surface area contributed by atoms with E-state index in [1.807, 2.05) is 54.8 Å². The molecule has 9 heteroatoms. The van der Waals surface area contributed by atoms with Crippen LogP contribution in [0.4, 0.5) is 5.69 Å². The molecule has 8 atom stereocenters. The van der Waals surface area contributed by atoms with Gasteiger partial charge in [0.25, 0.3) is 0 Å². The number of carbonyl (C=O) groups is 3. The standard InChI is InChI=1S/C31H36N4O4S/c1-18-7-4-11-23(19(18)2)34-29(37)27-31-13-12-24(39-31)25(28(36)33-21-9-5-10-22(15-21)40-3)26(31)30(38)35(27)17-20-8-6-14-32-16-20/h5-6,8-10,12-16,18-19,23-27H,4,7,11,17H2,1-3H3,(H,33,36)(H,34,37)/t18-,19-,23+,24-,25+,26-,27-,31-/m0/s1. The summed E-state index contributed by atoms with van der Waals surface area (Å²) in [7, 11) is 0. The van der Waals surface area contributed by atoms with Crippen molar-refractivity contribution in [2.75, 3.05) is 11.6 Å². The average molecular weight is 561 g/mol. The second-order valence-corrected chi connectivity index (χ2v) is 12.5. The van der Waals surface area contributed by atoms with Gasteiger partial charge in [-0.3, -0.25) is 19.4 Å². The first-order valence-corrected chi connectivity index (χ1v) is 15.4. The number of carbonyl (C=O) groups excluding carboxylic acids is 3. The number of hydrogen-bond acceptors (Lipinski definition) is 6. The molecule has 3 aliphatic heterocycles. The second kappa shape index (κ2) is 10.7. The number of aromatic nitrogens is 1. The lowest BCUT2D eigenvalue weighted by Crippen LogP contribution is -2.57. The Morgan fingerprint density at radius 3 is 2.80 bits per heavy atom. The molecule has 4 heterocycles. The number of amides is 3. The van der Waals surface area contributed by atoms with Gasteiger partial charge in [-0.1, -0.05) is 51.0 Å². The maximum Gasteiger partial charge on any atom is 0.246 e. The molecule has 4 aliphatic rings. The summed E-state index contributed by atoms with van der Waals surface area (Å²) in [4.78, 5) is 48.9. The van der Waals surface area contributed by atoms with Crippen molar-refractivity contribution in [1.82, 2.24) is 15.2 Å². The molecule has 1 aliphatic carbocycles. The molecule has 40 heavy (non-hydrogen) atoms. The zero-order valence-electron chi connectivity index (χ0n) is 23.1. The van der Waals surface area contributed by atoms with Gasteiger partial charge in [-0.25, -0.2) is 0 Å². The van der Waals surface area contributed by atoms with Crippen LogP contribution in [0.1, 0.15) is 38.7 Å². The number of anilines is 1. The van der Waals surface area contributed by atoms with Crippen molar-refractivity contribution in [2.24, 2.45) is 23.7 Å². The van der Waals surface area contributed by atoms with E-state index >= 15 is 0 Å². The van der Waals surface area contributed by atoms with Crippen LogP contribution in [0.5, 0.6) is 0 Å². The first-order valence-electron chi connectivity index (χ1n) is 14.1. The summed E-state index contributed by atoms with van der Waals surface area (Å²) < 4.78 is 6.49. The van der Waals surface area contributed by atoms with Crippen molar-refractivity contribution in [2.45, 2.75) is 68.3 Å². The Morgan fingerprint density at radius 2 is 2.02 bits per heavy atom. The first-order chi connectivity index (χ1) is 19.3. The van der Waals surface area contributed by atoms with Crippen LogP contribution in [0.2, 0.25) is 0 Å². The lowest BCUT2D eigenvalue weighted by atomic mass is 9.73. The lowest BCUT2D eigenvalue weighted by molar-refractivity contribution is -0.142. The third-order valence-corrected chi connectivity index (χ3v) is 10.1. The number of nitrogens with zero attached hydrogens (tertiary/aromatic N) is 2. The number of rotatable bonds is 7. The summed E-state index contributed by atoms with van der Waals surface area (Å²) in [6.07, 6.45) is 11.6. The fourth-order valence-corrected chi connectivity index (χ4v) is 7.56. The van der Waals surface area contributed by atoms with Gasteiger partial charge < -0.3 is 20.3 Å².